The molecule has 2 aliphatic heterocycles. The van der Waals surface area contributed by atoms with Gasteiger partial charge in [-0.25, -0.2) is 0 Å². The van der Waals surface area contributed by atoms with Crippen LogP contribution in [0.15, 0.2) is 41.3 Å². The Labute approximate surface area is 181 Å². The first-order chi connectivity index (χ1) is 14.7. The third kappa shape index (κ3) is 3.67. The molecule has 31 heavy (non-hydrogen) atoms. The number of phenolic OH excluding ortho intramolecular Hbond substituents is 1. The second kappa shape index (κ2) is 7.05. The fourth-order valence-corrected chi connectivity index (χ4v) is 5.47. The van der Waals surface area contributed by atoms with Gasteiger partial charge in [-0.05, 0) is 62.8 Å². The lowest BCUT2D eigenvalue weighted by atomic mass is 9.70. The van der Waals surface area contributed by atoms with E-state index in [1.165, 1.54) is 17.1 Å². The van der Waals surface area contributed by atoms with Crippen molar-refractivity contribution in [3.05, 3.63) is 46.9 Å². The van der Waals surface area contributed by atoms with Crippen LogP contribution in [0.4, 0.5) is 0 Å². The van der Waals surface area contributed by atoms with E-state index in [0.29, 0.717) is 22.5 Å². The molecule has 1 aromatic carbocycles. The first-order valence-electron chi connectivity index (χ1n) is 10.9. The predicted molar refractivity (Wildman–Crippen MR) is 119 cm³/mol. The number of rotatable bonds is 3. The Balaban J connectivity index is 1.39. The highest BCUT2D eigenvalue weighted by Gasteiger charge is 2.46. The maximum Gasteiger partial charge on any atom is 0.258 e. The van der Waals surface area contributed by atoms with E-state index in [2.05, 4.69) is 29.4 Å². The number of benzene rings is 1. The van der Waals surface area contributed by atoms with Crippen LogP contribution in [0.2, 0.25) is 0 Å². The number of hydrogen-bond acceptors (Lipinski definition) is 6. The van der Waals surface area contributed by atoms with Gasteiger partial charge in [0.05, 0.1) is 11.1 Å². The minimum absolute atomic E-state index is 0.00537. The standard InChI is InChI=1S/C24H28N4O3/c1-23-8-4-9-24(2,27-23)14-16(13-23)31-21-6-5-19(25-26-21)18-11-15-7-10-28(3)22(30)17(15)12-20(18)29/h5-7,10-12,16,27,29H,4,8-9,13-14H2,1-3H3/t16?,23-,24+. The monoisotopic (exact) mass is 420 g/mol. The molecule has 3 aromatic rings. The molecule has 7 nitrogen and oxygen atoms in total. The number of fused-ring (bicyclic) bond motifs is 3. The number of piperidine rings is 2. The number of nitrogens with one attached hydrogen (secondary N) is 1. The first kappa shape index (κ1) is 20.0. The predicted octanol–water partition coefficient (Wildman–Crippen LogP) is 3.53. The molecule has 2 aromatic heterocycles. The minimum atomic E-state index is -0.150. The van der Waals surface area contributed by atoms with Gasteiger partial charge in [-0.15, -0.1) is 10.2 Å². The van der Waals surface area contributed by atoms with Crippen molar-refractivity contribution in [2.75, 3.05) is 0 Å². The van der Waals surface area contributed by atoms with Gasteiger partial charge < -0.3 is 19.7 Å². The van der Waals surface area contributed by atoms with Gasteiger partial charge in [0.2, 0.25) is 5.88 Å². The number of aromatic nitrogens is 3. The fraction of sp³-hybridized carbons (Fsp3) is 0.458. The van der Waals surface area contributed by atoms with E-state index in [4.69, 9.17) is 4.74 Å². The summed E-state index contributed by atoms with van der Waals surface area (Å²) in [5, 5.41) is 24.1. The maximum absolute atomic E-state index is 12.3. The van der Waals surface area contributed by atoms with Gasteiger partial charge in [0.1, 0.15) is 11.9 Å². The van der Waals surface area contributed by atoms with E-state index in [0.717, 1.165) is 31.1 Å². The van der Waals surface area contributed by atoms with Crippen LogP contribution < -0.4 is 15.6 Å². The summed E-state index contributed by atoms with van der Waals surface area (Å²) < 4.78 is 7.71. The van der Waals surface area contributed by atoms with Crippen LogP contribution in [0.1, 0.15) is 46.0 Å². The number of pyridine rings is 1. The van der Waals surface area contributed by atoms with E-state index in [-0.39, 0.29) is 28.5 Å². The topological polar surface area (TPSA) is 89.3 Å². The molecule has 2 fully saturated rings. The molecular weight excluding hydrogens is 392 g/mol. The van der Waals surface area contributed by atoms with Crippen molar-refractivity contribution in [2.24, 2.45) is 7.05 Å². The Bertz CT molecular complexity index is 1190. The molecule has 5 rings (SSSR count). The number of aryl methyl sites for hydroxylation is 1. The van der Waals surface area contributed by atoms with Gasteiger partial charge in [-0.3, -0.25) is 4.79 Å². The first-order valence-corrected chi connectivity index (χ1v) is 10.9. The zero-order chi connectivity index (χ0) is 21.8. The van der Waals surface area contributed by atoms with E-state index < -0.39 is 0 Å². The highest BCUT2D eigenvalue weighted by molar-refractivity contribution is 5.89. The number of phenols is 1. The van der Waals surface area contributed by atoms with Crippen molar-refractivity contribution in [3.8, 4) is 22.9 Å². The summed E-state index contributed by atoms with van der Waals surface area (Å²) in [5.41, 5.74) is 1.14. The quantitative estimate of drug-likeness (QED) is 0.674. The zero-order valence-corrected chi connectivity index (χ0v) is 18.2. The largest absolute Gasteiger partial charge is 0.507 e. The molecule has 162 valence electrons. The van der Waals surface area contributed by atoms with Crippen LogP contribution in [-0.2, 0) is 7.05 Å². The van der Waals surface area contributed by atoms with Crippen molar-refractivity contribution in [1.29, 1.82) is 0 Å². The Morgan fingerprint density at radius 3 is 2.55 bits per heavy atom. The lowest BCUT2D eigenvalue weighted by Gasteiger charge is -2.53. The molecule has 0 radical (unpaired) electrons. The lowest BCUT2D eigenvalue weighted by Crippen LogP contribution is -2.65. The Morgan fingerprint density at radius 2 is 1.87 bits per heavy atom. The Kier molecular flexibility index (Phi) is 4.55. The highest BCUT2D eigenvalue weighted by atomic mass is 16.5. The van der Waals surface area contributed by atoms with Crippen molar-refractivity contribution in [1.82, 2.24) is 20.1 Å². The molecule has 0 aliphatic carbocycles. The van der Waals surface area contributed by atoms with E-state index >= 15 is 0 Å². The molecule has 0 amide bonds. The summed E-state index contributed by atoms with van der Waals surface area (Å²) in [5.74, 6) is 0.501. The number of ether oxygens (including phenoxy) is 1. The second-order valence-electron chi connectivity index (χ2n) is 9.69. The molecule has 2 bridgehead atoms. The van der Waals surface area contributed by atoms with Crippen LogP contribution in [0.25, 0.3) is 22.0 Å². The molecular formula is C24H28N4O3. The summed E-state index contributed by atoms with van der Waals surface area (Å²) >= 11 is 0. The number of nitrogens with zero attached hydrogens (tertiary/aromatic N) is 3. The lowest BCUT2D eigenvalue weighted by molar-refractivity contribution is 0.00726. The summed E-state index contributed by atoms with van der Waals surface area (Å²) in [6.07, 6.45) is 7.29. The van der Waals surface area contributed by atoms with Crippen molar-refractivity contribution < 1.29 is 9.84 Å². The Hall–Kier alpha value is -2.93. The van der Waals surface area contributed by atoms with E-state index in [1.807, 2.05) is 6.07 Å². The van der Waals surface area contributed by atoms with Crippen LogP contribution in [0.3, 0.4) is 0 Å². The van der Waals surface area contributed by atoms with Crippen LogP contribution in [0, 0.1) is 0 Å². The van der Waals surface area contributed by atoms with E-state index in [9.17, 15) is 9.90 Å². The number of aromatic hydroxyl groups is 1. The number of hydrogen-bond donors (Lipinski definition) is 2. The Morgan fingerprint density at radius 1 is 1.13 bits per heavy atom. The third-order valence-electron chi connectivity index (χ3n) is 6.82. The molecule has 2 saturated heterocycles. The smallest absolute Gasteiger partial charge is 0.258 e. The molecule has 2 aliphatic rings. The van der Waals surface area contributed by atoms with Crippen LogP contribution in [0.5, 0.6) is 11.6 Å². The van der Waals surface area contributed by atoms with Gasteiger partial charge in [-0.1, -0.05) is 0 Å². The molecule has 2 N–H and O–H groups in total. The van der Waals surface area contributed by atoms with Crippen molar-refractivity contribution in [3.63, 3.8) is 0 Å². The highest BCUT2D eigenvalue weighted by Crippen LogP contribution is 2.41. The van der Waals surface area contributed by atoms with Gasteiger partial charge in [0.25, 0.3) is 5.56 Å². The zero-order valence-electron chi connectivity index (χ0n) is 18.2. The summed E-state index contributed by atoms with van der Waals surface area (Å²) in [7, 11) is 1.69. The third-order valence-corrected chi connectivity index (χ3v) is 6.82. The second-order valence-corrected chi connectivity index (χ2v) is 9.69. The molecule has 4 heterocycles. The van der Waals surface area contributed by atoms with Gasteiger partial charge in [-0.2, -0.15) is 0 Å². The molecule has 0 spiro atoms. The maximum atomic E-state index is 12.3. The molecule has 3 atom stereocenters. The SMILES string of the molecule is Cn1ccc2cc(-c3ccc(OC4C[C@]5(C)CCC[C@](C)(C4)N5)nn3)c(O)cc2c1=O. The summed E-state index contributed by atoms with van der Waals surface area (Å²) in [6, 6.07) is 8.72. The fourth-order valence-electron chi connectivity index (χ4n) is 5.47. The van der Waals surface area contributed by atoms with Crippen LogP contribution >= 0.6 is 0 Å². The summed E-state index contributed by atoms with van der Waals surface area (Å²) in [6.45, 7) is 4.56. The average molecular weight is 421 g/mol. The van der Waals surface area contributed by atoms with Gasteiger partial charge >= 0.3 is 0 Å². The van der Waals surface area contributed by atoms with E-state index in [1.54, 1.807) is 31.4 Å². The molecule has 1 unspecified atom stereocenters. The van der Waals surface area contributed by atoms with Gasteiger partial charge in [0, 0.05) is 48.8 Å². The molecule has 7 heteroatoms. The molecule has 0 saturated carbocycles. The minimum Gasteiger partial charge on any atom is -0.507 e. The van der Waals surface area contributed by atoms with Crippen molar-refractivity contribution in [2.45, 2.75) is 63.1 Å². The average Bonchev–Trinajstić information content (AvgIpc) is 2.70. The summed E-state index contributed by atoms with van der Waals surface area (Å²) in [4.78, 5) is 12.3. The van der Waals surface area contributed by atoms with Crippen molar-refractivity contribution >= 4 is 10.8 Å². The van der Waals surface area contributed by atoms with Crippen LogP contribution in [-0.4, -0.2) is 37.1 Å². The van der Waals surface area contributed by atoms with Gasteiger partial charge in [0.15, 0.2) is 0 Å². The normalized spacial score (nSPS) is 27.9.